The van der Waals surface area contributed by atoms with Gasteiger partial charge in [-0.25, -0.2) is 4.98 Å². The minimum atomic E-state index is 0.764. The summed E-state index contributed by atoms with van der Waals surface area (Å²) >= 11 is 0. The van der Waals surface area contributed by atoms with Crippen LogP contribution in [0.4, 0.5) is 5.82 Å². The van der Waals surface area contributed by atoms with Crippen molar-refractivity contribution in [1.82, 2.24) is 9.55 Å². The van der Waals surface area contributed by atoms with Crippen LogP contribution in [0.3, 0.4) is 0 Å². The Labute approximate surface area is 114 Å². The molecule has 19 heavy (non-hydrogen) atoms. The third kappa shape index (κ3) is 2.25. The van der Waals surface area contributed by atoms with E-state index in [1.165, 1.54) is 18.4 Å². The quantitative estimate of drug-likeness (QED) is 0.904. The number of anilines is 1. The third-order valence-electron chi connectivity index (χ3n) is 3.85. The molecule has 0 bridgehead atoms. The monoisotopic (exact) mass is 255 g/mol. The van der Waals surface area contributed by atoms with Gasteiger partial charge in [0.1, 0.15) is 17.3 Å². The topological polar surface area (TPSA) is 43.8 Å². The highest BCUT2D eigenvalue weighted by molar-refractivity contribution is 5.71. The Kier molecular flexibility index (Phi) is 3.05. The van der Waals surface area contributed by atoms with E-state index in [0.29, 0.717) is 0 Å². The average molecular weight is 255 g/mol. The van der Waals surface area contributed by atoms with Gasteiger partial charge in [0.15, 0.2) is 0 Å². The first-order valence-corrected chi connectivity index (χ1v) is 7.13. The van der Waals surface area contributed by atoms with Crippen LogP contribution in [0.25, 0.3) is 11.3 Å². The number of aromatic nitrogens is 2. The van der Waals surface area contributed by atoms with Gasteiger partial charge >= 0.3 is 0 Å². The van der Waals surface area contributed by atoms with E-state index in [1.807, 2.05) is 6.92 Å². The van der Waals surface area contributed by atoms with E-state index in [1.54, 1.807) is 0 Å². The number of imidazole rings is 1. The molecule has 3 rings (SSSR count). The van der Waals surface area contributed by atoms with Crippen molar-refractivity contribution >= 4 is 5.82 Å². The van der Waals surface area contributed by atoms with Crippen molar-refractivity contribution in [2.45, 2.75) is 45.6 Å². The fourth-order valence-electron chi connectivity index (χ4n) is 2.66. The van der Waals surface area contributed by atoms with Crippen LogP contribution >= 0.6 is 0 Å². The number of hydrogen-bond donors (Lipinski definition) is 1. The highest BCUT2D eigenvalue weighted by atomic mass is 15.1. The first kappa shape index (κ1) is 12.3. The van der Waals surface area contributed by atoms with Gasteiger partial charge in [0.2, 0.25) is 0 Å². The minimum Gasteiger partial charge on any atom is -0.383 e. The highest BCUT2D eigenvalue weighted by Gasteiger charge is 2.24. The fourth-order valence-corrected chi connectivity index (χ4v) is 2.66. The lowest BCUT2D eigenvalue weighted by molar-refractivity contribution is 0.665. The number of nitrogens with two attached hydrogens (primary N) is 1. The number of nitrogen functional groups attached to an aromatic ring is 1. The van der Waals surface area contributed by atoms with E-state index in [-0.39, 0.29) is 0 Å². The molecule has 1 heterocycles. The maximum absolute atomic E-state index is 6.26. The lowest BCUT2D eigenvalue weighted by atomic mass is 10.1. The van der Waals surface area contributed by atoms with Crippen LogP contribution in [0.2, 0.25) is 0 Å². The molecule has 1 aliphatic carbocycles. The van der Waals surface area contributed by atoms with E-state index in [9.17, 15) is 0 Å². The molecule has 0 aliphatic heterocycles. The van der Waals surface area contributed by atoms with Crippen LogP contribution in [-0.4, -0.2) is 9.55 Å². The summed E-state index contributed by atoms with van der Waals surface area (Å²) in [5.41, 5.74) is 9.79. The van der Waals surface area contributed by atoms with Gasteiger partial charge in [-0.05, 0) is 43.7 Å². The summed E-state index contributed by atoms with van der Waals surface area (Å²) in [6.45, 7) is 5.12. The molecule has 1 aromatic heterocycles. The van der Waals surface area contributed by atoms with Crippen molar-refractivity contribution in [1.29, 1.82) is 0 Å². The fraction of sp³-hybridized carbons (Fsp3) is 0.438. The molecule has 100 valence electrons. The molecular weight excluding hydrogens is 234 g/mol. The largest absolute Gasteiger partial charge is 0.383 e. The maximum Gasteiger partial charge on any atom is 0.131 e. The maximum atomic E-state index is 6.26. The molecule has 0 amide bonds. The zero-order valence-electron chi connectivity index (χ0n) is 11.7. The van der Waals surface area contributed by atoms with Crippen LogP contribution in [0.5, 0.6) is 0 Å². The zero-order chi connectivity index (χ0) is 13.4. The molecule has 2 N–H and O–H groups in total. The summed E-state index contributed by atoms with van der Waals surface area (Å²) in [5.74, 6) is 2.57. The highest BCUT2D eigenvalue weighted by Crippen LogP contribution is 2.41. The van der Waals surface area contributed by atoms with Crippen LogP contribution in [0, 0.1) is 6.92 Å². The molecule has 0 atom stereocenters. The molecule has 1 aliphatic rings. The number of benzene rings is 1. The molecule has 0 unspecified atom stereocenters. The van der Waals surface area contributed by atoms with Gasteiger partial charge in [0.05, 0.1) is 0 Å². The van der Waals surface area contributed by atoms with Crippen LogP contribution in [0.15, 0.2) is 24.3 Å². The second-order valence-corrected chi connectivity index (χ2v) is 5.44. The van der Waals surface area contributed by atoms with Crippen LogP contribution in [0.1, 0.15) is 43.5 Å². The summed E-state index contributed by atoms with van der Waals surface area (Å²) in [6, 6.07) is 8.70. The van der Waals surface area contributed by atoms with Crippen molar-refractivity contribution in [3.05, 3.63) is 35.7 Å². The minimum absolute atomic E-state index is 0.764. The summed E-state index contributed by atoms with van der Waals surface area (Å²) in [4.78, 5) is 4.66. The van der Waals surface area contributed by atoms with Gasteiger partial charge < -0.3 is 10.3 Å². The van der Waals surface area contributed by atoms with Gasteiger partial charge in [-0.2, -0.15) is 0 Å². The van der Waals surface area contributed by atoms with Gasteiger partial charge in [-0.1, -0.05) is 25.1 Å². The smallest absolute Gasteiger partial charge is 0.131 e. The van der Waals surface area contributed by atoms with E-state index < -0.39 is 0 Å². The van der Waals surface area contributed by atoms with Crippen molar-refractivity contribution in [3.63, 3.8) is 0 Å². The molecule has 1 fully saturated rings. The molecule has 3 heteroatoms. The van der Waals surface area contributed by atoms with Crippen molar-refractivity contribution in [2.75, 3.05) is 5.73 Å². The van der Waals surface area contributed by atoms with E-state index in [0.717, 1.165) is 41.8 Å². The first-order valence-electron chi connectivity index (χ1n) is 7.13. The third-order valence-corrected chi connectivity index (χ3v) is 3.85. The first-order chi connectivity index (χ1) is 9.20. The van der Waals surface area contributed by atoms with Crippen molar-refractivity contribution in [3.8, 4) is 11.3 Å². The van der Waals surface area contributed by atoms with Crippen LogP contribution < -0.4 is 5.73 Å². The molecule has 0 saturated heterocycles. The molecule has 0 spiro atoms. The lowest BCUT2D eigenvalue weighted by Crippen LogP contribution is -2.04. The lowest BCUT2D eigenvalue weighted by Gasteiger charge is -2.06. The number of rotatable bonds is 4. The predicted octanol–water partition coefficient (Wildman–Crippen LogP) is 3.73. The van der Waals surface area contributed by atoms with E-state index >= 15 is 0 Å². The van der Waals surface area contributed by atoms with Gasteiger partial charge in [-0.3, -0.25) is 0 Å². The number of hydrogen-bond acceptors (Lipinski definition) is 2. The zero-order valence-corrected chi connectivity index (χ0v) is 11.7. The summed E-state index contributed by atoms with van der Waals surface area (Å²) < 4.78 is 2.11. The van der Waals surface area contributed by atoms with Crippen LogP contribution in [-0.2, 0) is 6.54 Å². The Morgan fingerprint density at radius 3 is 2.84 bits per heavy atom. The Morgan fingerprint density at radius 1 is 1.37 bits per heavy atom. The Bertz CT molecular complexity index is 594. The summed E-state index contributed by atoms with van der Waals surface area (Å²) in [7, 11) is 0. The van der Waals surface area contributed by atoms with Crippen molar-refractivity contribution < 1.29 is 0 Å². The number of nitrogens with zero attached hydrogens (tertiary/aromatic N) is 2. The average Bonchev–Trinajstić information content (AvgIpc) is 3.22. The van der Waals surface area contributed by atoms with Gasteiger partial charge in [-0.15, -0.1) is 0 Å². The normalized spacial score (nSPS) is 14.8. The van der Waals surface area contributed by atoms with E-state index in [4.69, 9.17) is 5.73 Å². The second-order valence-electron chi connectivity index (χ2n) is 5.44. The Morgan fingerprint density at radius 2 is 2.16 bits per heavy atom. The molecular formula is C16H21N3. The molecule has 1 saturated carbocycles. The summed E-state index contributed by atoms with van der Waals surface area (Å²) in [6.07, 6.45) is 3.72. The Balaban J connectivity index is 2.01. The van der Waals surface area contributed by atoms with E-state index in [2.05, 4.69) is 40.7 Å². The van der Waals surface area contributed by atoms with Crippen molar-refractivity contribution in [2.24, 2.45) is 0 Å². The summed E-state index contributed by atoms with van der Waals surface area (Å²) in [5, 5.41) is 0. The second kappa shape index (κ2) is 4.72. The number of aryl methyl sites for hydroxylation is 1. The van der Waals surface area contributed by atoms with Gasteiger partial charge in [0, 0.05) is 12.1 Å². The van der Waals surface area contributed by atoms with Gasteiger partial charge in [0.25, 0.3) is 0 Å². The standard InChI is InChI=1S/C16H21N3/c1-3-9-19-11(2)18-15(16(19)17)14-6-4-5-13(10-14)12-7-8-12/h4-6,10,12H,3,7-9,17H2,1-2H3. The molecule has 3 nitrogen and oxygen atoms in total. The Hall–Kier alpha value is -1.77. The molecule has 1 aromatic carbocycles. The SMILES string of the molecule is CCCn1c(C)nc(-c2cccc(C3CC3)c2)c1N. The molecule has 2 aromatic rings. The predicted molar refractivity (Wildman–Crippen MR) is 79.1 cm³/mol. The molecule has 0 radical (unpaired) electrons.